The van der Waals surface area contributed by atoms with Crippen LogP contribution in [0.4, 0.5) is 5.69 Å². The summed E-state index contributed by atoms with van der Waals surface area (Å²) in [4.78, 5) is 12.0. The molecule has 1 aromatic heterocycles. The molecule has 0 aliphatic carbocycles. The van der Waals surface area contributed by atoms with Crippen LogP contribution < -0.4 is 4.83 Å². The maximum Gasteiger partial charge on any atom is 0.275 e. The third kappa shape index (κ3) is 3.54. The van der Waals surface area contributed by atoms with E-state index in [0.29, 0.717) is 0 Å². The molecule has 0 saturated carbocycles. The van der Waals surface area contributed by atoms with Crippen molar-refractivity contribution in [2.24, 2.45) is 0 Å². The van der Waals surface area contributed by atoms with Crippen LogP contribution in [0.3, 0.4) is 0 Å². The average molecular weight is 339 g/mol. The van der Waals surface area contributed by atoms with E-state index in [-0.39, 0.29) is 21.5 Å². The Labute approximate surface area is 129 Å². The minimum absolute atomic E-state index is 0.247. The van der Waals surface area contributed by atoms with Crippen molar-refractivity contribution in [2.45, 2.75) is 10.1 Å². The zero-order valence-electron chi connectivity index (χ0n) is 10.9. The number of nitrogens with zero attached hydrogens (tertiary/aromatic N) is 4. The molecule has 2 aromatic rings. The van der Waals surface area contributed by atoms with Crippen LogP contribution in [0, 0.1) is 22.5 Å². The Balaban J connectivity index is 2.29. The Bertz CT molecular complexity index is 840. The van der Waals surface area contributed by atoms with Gasteiger partial charge in [-0.25, -0.2) is 9.51 Å². The quantitative estimate of drug-likeness (QED) is 0.358. The first-order chi connectivity index (χ1) is 10.4. The van der Waals surface area contributed by atoms with Gasteiger partial charge in [0.25, 0.3) is 15.7 Å². The molecule has 0 saturated heterocycles. The Hall–Kier alpha value is -2.58. The van der Waals surface area contributed by atoms with Gasteiger partial charge in [0.1, 0.15) is 6.33 Å². The molecule has 114 valence electrons. The predicted molar refractivity (Wildman–Crippen MR) is 79.2 cm³/mol. The summed E-state index contributed by atoms with van der Waals surface area (Å²) < 4.78 is 25.6. The van der Waals surface area contributed by atoms with E-state index in [1.807, 2.05) is 0 Å². The van der Waals surface area contributed by atoms with E-state index in [1.165, 1.54) is 18.2 Å². The highest BCUT2D eigenvalue weighted by Crippen LogP contribution is 2.19. The molecular weight excluding hydrogens is 330 g/mol. The van der Waals surface area contributed by atoms with Crippen molar-refractivity contribution >= 4 is 27.5 Å². The first-order valence-electron chi connectivity index (χ1n) is 5.67. The molecule has 22 heavy (non-hydrogen) atoms. The summed E-state index contributed by atoms with van der Waals surface area (Å²) in [6.07, 6.45) is 6.29. The van der Waals surface area contributed by atoms with Crippen molar-refractivity contribution in [3.63, 3.8) is 0 Å². The Kier molecular flexibility index (Phi) is 4.64. The number of nitro benzene ring substituents is 1. The van der Waals surface area contributed by atoms with Crippen LogP contribution in [-0.4, -0.2) is 34.0 Å². The van der Waals surface area contributed by atoms with Crippen molar-refractivity contribution < 1.29 is 13.3 Å². The van der Waals surface area contributed by atoms with E-state index in [4.69, 9.17) is 6.42 Å². The number of nitrogens with one attached hydrogen (secondary N) is 1. The van der Waals surface area contributed by atoms with E-state index in [2.05, 4.69) is 20.9 Å². The van der Waals surface area contributed by atoms with E-state index in [9.17, 15) is 18.5 Å². The summed E-state index contributed by atoms with van der Waals surface area (Å²) in [5, 5.41) is 18.3. The number of nitro groups is 1. The number of non-ortho nitro benzene ring substituents is 1. The first kappa shape index (κ1) is 15.8. The van der Waals surface area contributed by atoms with Crippen molar-refractivity contribution in [1.29, 1.82) is 0 Å². The van der Waals surface area contributed by atoms with Crippen LogP contribution in [0.2, 0.25) is 0 Å². The van der Waals surface area contributed by atoms with Gasteiger partial charge in [0.2, 0.25) is 5.16 Å². The lowest BCUT2D eigenvalue weighted by molar-refractivity contribution is -0.385. The fraction of sp³-hybridized carbons (Fsp3) is 0.0909. The van der Waals surface area contributed by atoms with Crippen LogP contribution in [0.1, 0.15) is 0 Å². The second-order valence-corrected chi connectivity index (χ2v) is 6.43. The van der Waals surface area contributed by atoms with Crippen LogP contribution in [-0.2, 0) is 10.0 Å². The summed E-state index contributed by atoms with van der Waals surface area (Å²) in [6.45, 7) is 0. The number of benzene rings is 1. The molecule has 1 N–H and O–H groups in total. The van der Waals surface area contributed by atoms with Crippen LogP contribution >= 0.6 is 11.8 Å². The largest absolute Gasteiger partial charge is 0.275 e. The Morgan fingerprint density at radius 2 is 2.27 bits per heavy atom. The van der Waals surface area contributed by atoms with E-state index < -0.39 is 14.9 Å². The molecule has 0 atom stereocenters. The summed E-state index contributed by atoms with van der Waals surface area (Å²) in [6, 6.07) is 4.69. The molecule has 11 heteroatoms. The van der Waals surface area contributed by atoms with E-state index in [1.54, 1.807) is 0 Å². The Morgan fingerprint density at radius 1 is 1.50 bits per heavy atom. The molecule has 0 bridgehead atoms. The normalized spacial score (nSPS) is 10.9. The highest BCUT2D eigenvalue weighted by atomic mass is 32.2. The van der Waals surface area contributed by atoms with E-state index in [0.717, 1.165) is 28.8 Å². The SMILES string of the molecule is C#CCSc1nncn1NS(=O)(=O)c1cccc([N+](=O)[O-])c1. The molecule has 0 aliphatic rings. The van der Waals surface area contributed by atoms with Gasteiger partial charge in [0.05, 0.1) is 15.6 Å². The molecule has 9 nitrogen and oxygen atoms in total. The summed E-state index contributed by atoms with van der Waals surface area (Å²) in [5.41, 5.74) is -0.325. The molecular formula is C11H9N5O4S2. The highest BCUT2D eigenvalue weighted by molar-refractivity contribution is 7.99. The Morgan fingerprint density at radius 3 is 2.95 bits per heavy atom. The van der Waals surface area contributed by atoms with E-state index >= 15 is 0 Å². The third-order valence-corrected chi connectivity index (χ3v) is 4.52. The fourth-order valence-corrected chi connectivity index (χ4v) is 3.08. The molecule has 0 spiro atoms. The topological polar surface area (TPSA) is 120 Å². The number of aromatic nitrogens is 3. The molecule has 0 amide bonds. The third-order valence-electron chi connectivity index (χ3n) is 2.36. The van der Waals surface area contributed by atoms with Gasteiger partial charge in [-0.1, -0.05) is 23.7 Å². The van der Waals surface area contributed by atoms with Gasteiger partial charge >= 0.3 is 0 Å². The van der Waals surface area contributed by atoms with Crippen LogP contribution in [0.15, 0.2) is 40.6 Å². The van der Waals surface area contributed by atoms with Gasteiger partial charge in [0, 0.05) is 12.1 Å². The minimum Gasteiger partial charge on any atom is -0.258 e. The summed E-state index contributed by atoms with van der Waals surface area (Å²) >= 11 is 1.12. The van der Waals surface area contributed by atoms with Gasteiger partial charge in [-0.15, -0.1) is 16.6 Å². The van der Waals surface area contributed by atoms with Gasteiger partial charge < -0.3 is 0 Å². The lowest BCUT2D eigenvalue weighted by Gasteiger charge is -2.09. The monoisotopic (exact) mass is 339 g/mol. The van der Waals surface area contributed by atoms with Gasteiger partial charge in [-0.05, 0) is 6.07 Å². The molecule has 2 rings (SSSR count). The number of hydrogen-bond donors (Lipinski definition) is 1. The summed E-state index contributed by atoms with van der Waals surface area (Å²) in [5.74, 6) is 2.67. The number of thioether (sulfide) groups is 1. The molecule has 0 aliphatic heterocycles. The summed E-state index contributed by atoms with van der Waals surface area (Å²) in [7, 11) is -4.02. The molecule has 0 radical (unpaired) electrons. The maximum atomic E-state index is 12.2. The zero-order chi connectivity index (χ0) is 16.2. The molecule has 0 fully saturated rings. The smallest absolute Gasteiger partial charge is 0.258 e. The number of rotatable bonds is 6. The molecule has 0 unspecified atom stereocenters. The zero-order valence-corrected chi connectivity index (χ0v) is 12.5. The van der Waals surface area contributed by atoms with Gasteiger partial charge in [-0.3, -0.25) is 10.1 Å². The maximum absolute atomic E-state index is 12.2. The van der Waals surface area contributed by atoms with Gasteiger partial charge in [-0.2, -0.15) is 8.42 Å². The van der Waals surface area contributed by atoms with Crippen molar-refractivity contribution in [1.82, 2.24) is 14.9 Å². The second kappa shape index (κ2) is 6.46. The fourth-order valence-electron chi connectivity index (χ4n) is 1.44. The van der Waals surface area contributed by atoms with Crippen molar-refractivity contribution in [2.75, 3.05) is 10.6 Å². The lowest BCUT2D eigenvalue weighted by atomic mass is 10.3. The van der Waals surface area contributed by atoms with Crippen molar-refractivity contribution in [3.8, 4) is 12.3 Å². The predicted octanol–water partition coefficient (Wildman–Crippen LogP) is 0.844. The number of terminal acetylenes is 1. The first-order valence-corrected chi connectivity index (χ1v) is 8.14. The molecule has 1 heterocycles. The lowest BCUT2D eigenvalue weighted by Crippen LogP contribution is -2.23. The van der Waals surface area contributed by atoms with Crippen LogP contribution in [0.25, 0.3) is 0 Å². The minimum atomic E-state index is -4.02. The standard InChI is InChI=1S/C11H9N5O4S2/c1-2-6-21-11-13-12-8-15(11)14-22(19,20)10-5-3-4-9(7-10)16(17)18/h1,3-5,7-8,14H,6H2. The number of hydrogen-bond acceptors (Lipinski definition) is 7. The second-order valence-electron chi connectivity index (χ2n) is 3.83. The van der Waals surface area contributed by atoms with Crippen LogP contribution in [0.5, 0.6) is 0 Å². The van der Waals surface area contributed by atoms with Crippen molar-refractivity contribution in [3.05, 3.63) is 40.7 Å². The highest BCUT2D eigenvalue weighted by Gasteiger charge is 2.19. The molecule has 1 aromatic carbocycles. The van der Waals surface area contributed by atoms with Gasteiger partial charge in [0.15, 0.2) is 0 Å². The number of sulfonamides is 1. The average Bonchev–Trinajstić information content (AvgIpc) is 2.91.